The second kappa shape index (κ2) is 5.31. The number of hydrogen-bond donors (Lipinski definition) is 0. The van der Waals surface area contributed by atoms with E-state index in [2.05, 4.69) is 0 Å². The molecule has 0 spiro atoms. The van der Waals surface area contributed by atoms with Gasteiger partial charge in [0.2, 0.25) is 5.91 Å². The number of urea groups is 1. The molecule has 0 aromatic rings. The van der Waals surface area contributed by atoms with Crippen molar-refractivity contribution in [3.63, 3.8) is 0 Å². The largest absolute Gasteiger partial charge is 0.336 e. The standard InChI is InChI=1S/C15H23N3O3/c1-10-5-3-6-11(2)18(10)13(19)9-17-14(20)12-7-4-8-16(12)15(17)21/h10-12H,3-9H2,1-2H3. The lowest BCUT2D eigenvalue weighted by atomic mass is 9.97. The highest BCUT2D eigenvalue weighted by Crippen LogP contribution is 2.28. The van der Waals surface area contributed by atoms with E-state index in [0.717, 1.165) is 37.0 Å². The summed E-state index contributed by atoms with van der Waals surface area (Å²) in [5.74, 6) is -0.291. The first-order chi connectivity index (χ1) is 10.0. The SMILES string of the molecule is CC1CCCC(C)N1C(=O)CN1C(=O)C2CCCN2C1=O. The third kappa shape index (κ3) is 2.30. The summed E-state index contributed by atoms with van der Waals surface area (Å²) in [4.78, 5) is 41.7. The number of hydrogen-bond acceptors (Lipinski definition) is 3. The van der Waals surface area contributed by atoms with Crippen molar-refractivity contribution in [3.05, 3.63) is 0 Å². The zero-order chi connectivity index (χ0) is 15.1. The Labute approximate surface area is 125 Å². The third-order valence-electron chi connectivity index (χ3n) is 5.06. The maximum absolute atomic E-state index is 12.5. The average molecular weight is 293 g/mol. The molecule has 0 N–H and O–H groups in total. The maximum atomic E-state index is 12.5. The van der Waals surface area contributed by atoms with Gasteiger partial charge in [0.1, 0.15) is 12.6 Å². The number of rotatable bonds is 2. The van der Waals surface area contributed by atoms with Crippen molar-refractivity contribution in [1.82, 2.24) is 14.7 Å². The minimum atomic E-state index is -0.318. The summed E-state index contributed by atoms with van der Waals surface area (Å²) >= 11 is 0. The predicted octanol–water partition coefficient (Wildman–Crippen LogP) is 1.20. The molecule has 0 radical (unpaired) electrons. The van der Waals surface area contributed by atoms with Crippen LogP contribution in [0, 0.1) is 0 Å². The van der Waals surface area contributed by atoms with Crippen LogP contribution in [0.3, 0.4) is 0 Å². The van der Waals surface area contributed by atoms with E-state index in [1.54, 1.807) is 4.90 Å². The fourth-order valence-corrected chi connectivity index (χ4v) is 3.96. The number of nitrogens with zero attached hydrogens (tertiary/aromatic N) is 3. The molecule has 3 heterocycles. The second-order valence-electron chi connectivity index (χ2n) is 6.49. The highest BCUT2D eigenvalue weighted by molar-refractivity contribution is 6.06. The lowest BCUT2D eigenvalue weighted by Crippen LogP contribution is -2.52. The first-order valence-electron chi connectivity index (χ1n) is 7.94. The van der Waals surface area contributed by atoms with E-state index in [9.17, 15) is 14.4 Å². The zero-order valence-corrected chi connectivity index (χ0v) is 12.7. The van der Waals surface area contributed by atoms with Gasteiger partial charge in [0.15, 0.2) is 0 Å². The molecule has 3 unspecified atom stereocenters. The Balaban J connectivity index is 1.70. The predicted molar refractivity (Wildman–Crippen MR) is 76.5 cm³/mol. The van der Waals surface area contributed by atoms with E-state index in [1.807, 2.05) is 18.7 Å². The molecular formula is C15H23N3O3. The van der Waals surface area contributed by atoms with E-state index in [1.165, 1.54) is 0 Å². The Morgan fingerprint density at radius 3 is 2.38 bits per heavy atom. The van der Waals surface area contributed by atoms with E-state index in [-0.39, 0.29) is 42.5 Å². The third-order valence-corrected chi connectivity index (χ3v) is 5.06. The highest BCUT2D eigenvalue weighted by Gasteiger charge is 2.48. The molecule has 0 bridgehead atoms. The Morgan fingerprint density at radius 1 is 1.10 bits per heavy atom. The lowest BCUT2D eigenvalue weighted by molar-refractivity contribution is -0.141. The van der Waals surface area contributed by atoms with Gasteiger partial charge >= 0.3 is 6.03 Å². The van der Waals surface area contributed by atoms with Crippen LogP contribution in [0.2, 0.25) is 0 Å². The summed E-state index contributed by atoms with van der Waals surface area (Å²) in [5.41, 5.74) is 0. The number of piperidine rings is 1. The first kappa shape index (κ1) is 14.4. The number of fused-ring (bicyclic) bond motifs is 1. The van der Waals surface area contributed by atoms with Crippen LogP contribution in [0.15, 0.2) is 0 Å². The summed E-state index contributed by atoms with van der Waals surface area (Å²) in [5, 5.41) is 0. The normalized spacial score (nSPS) is 32.9. The molecule has 3 saturated heterocycles. The summed E-state index contributed by atoms with van der Waals surface area (Å²) in [6.07, 6.45) is 4.72. The molecule has 3 atom stereocenters. The quantitative estimate of drug-likeness (QED) is 0.719. The molecule has 6 nitrogen and oxygen atoms in total. The van der Waals surface area contributed by atoms with Crippen LogP contribution in [0.5, 0.6) is 0 Å². The smallest absolute Gasteiger partial charge is 0.327 e. The van der Waals surface area contributed by atoms with Gasteiger partial charge in [-0.3, -0.25) is 14.5 Å². The van der Waals surface area contributed by atoms with Gasteiger partial charge in [-0.15, -0.1) is 0 Å². The molecule has 116 valence electrons. The van der Waals surface area contributed by atoms with Crippen LogP contribution in [0.1, 0.15) is 46.0 Å². The Hall–Kier alpha value is -1.59. The van der Waals surface area contributed by atoms with Crippen LogP contribution in [0.25, 0.3) is 0 Å². The van der Waals surface area contributed by atoms with Crippen molar-refractivity contribution in [2.45, 2.75) is 64.1 Å². The van der Waals surface area contributed by atoms with Crippen LogP contribution >= 0.6 is 0 Å². The van der Waals surface area contributed by atoms with Gasteiger partial charge in [0, 0.05) is 18.6 Å². The van der Waals surface area contributed by atoms with Crippen molar-refractivity contribution in [2.24, 2.45) is 0 Å². The number of carbonyl (C=O) groups is 3. The minimum absolute atomic E-state index is 0.0979. The van der Waals surface area contributed by atoms with Crippen LogP contribution in [0.4, 0.5) is 4.79 Å². The van der Waals surface area contributed by atoms with Gasteiger partial charge in [0.05, 0.1) is 0 Å². The molecule has 0 aromatic carbocycles. The van der Waals surface area contributed by atoms with E-state index >= 15 is 0 Å². The molecule has 3 fully saturated rings. The summed E-state index contributed by atoms with van der Waals surface area (Å²) < 4.78 is 0. The van der Waals surface area contributed by atoms with Gasteiger partial charge < -0.3 is 9.80 Å². The molecule has 3 aliphatic rings. The summed E-state index contributed by atoms with van der Waals surface area (Å²) in [7, 11) is 0. The Bertz CT molecular complexity index is 447. The van der Waals surface area contributed by atoms with Gasteiger partial charge in [-0.1, -0.05) is 0 Å². The first-order valence-corrected chi connectivity index (χ1v) is 7.94. The molecular weight excluding hydrogens is 270 g/mol. The second-order valence-corrected chi connectivity index (χ2v) is 6.49. The van der Waals surface area contributed by atoms with Crippen molar-refractivity contribution in [3.8, 4) is 0 Å². The molecule has 4 amide bonds. The molecule has 0 saturated carbocycles. The number of carbonyl (C=O) groups excluding carboxylic acids is 3. The average Bonchev–Trinajstić information content (AvgIpc) is 2.99. The van der Waals surface area contributed by atoms with Gasteiger partial charge in [-0.25, -0.2) is 4.79 Å². The fraction of sp³-hybridized carbons (Fsp3) is 0.800. The van der Waals surface area contributed by atoms with Crippen molar-refractivity contribution < 1.29 is 14.4 Å². The van der Waals surface area contributed by atoms with Crippen molar-refractivity contribution in [1.29, 1.82) is 0 Å². The van der Waals surface area contributed by atoms with Crippen LogP contribution in [-0.4, -0.2) is 63.8 Å². The summed E-state index contributed by atoms with van der Waals surface area (Å²) in [6, 6.07) is -0.225. The zero-order valence-electron chi connectivity index (χ0n) is 12.7. The maximum Gasteiger partial charge on any atom is 0.327 e. The van der Waals surface area contributed by atoms with E-state index in [0.29, 0.717) is 6.54 Å². The number of likely N-dealkylation sites (tertiary alicyclic amines) is 1. The van der Waals surface area contributed by atoms with Crippen LogP contribution < -0.4 is 0 Å². The molecule has 0 aromatic heterocycles. The van der Waals surface area contributed by atoms with Crippen molar-refractivity contribution >= 4 is 17.8 Å². The molecule has 6 heteroatoms. The molecule has 3 rings (SSSR count). The topological polar surface area (TPSA) is 60.9 Å². The van der Waals surface area contributed by atoms with E-state index in [4.69, 9.17) is 0 Å². The Morgan fingerprint density at radius 2 is 1.76 bits per heavy atom. The fourth-order valence-electron chi connectivity index (χ4n) is 3.96. The monoisotopic (exact) mass is 293 g/mol. The van der Waals surface area contributed by atoms with Crippen molar-refractivity contribution in [2.75, 3.05) is 13.1 Å². The summed E-state index contributed by atoms with van der Waals surface area (Å²) in [6.45, 7) is 4.62. The number of imide groups is 1. The molecule has 21 heavy (non-hydrogen) atoms. The van der Waals surface area contributed by atoms with Crippen LogP contribution in [-0.2, 0) is 9.59 Å². The van der Waals surface area contributed by atoms with Gasteiger partial charge in [-0.2, -0.15) is 0 Å². The van der Waals surface area contributed by atoms with Gasteiger partial charge in [0.25, 0.3) is 5.91 Å². The Kier molecular flexibility index (Phi) is 3.63. The minimum Gasteiger partial charge on any atom is -0.336 e. The number of amides is 4. The van der Waals surface area contributed by atoms with E-state index < -0.39 is 0 Å². The highest BCUT2D eigenvalue weighted by atomic mass is 16.2. The molecule has 0 aliphatic carbocycles. The molecule has 3 aliphatic heterocycles. The van der Waals surface area contributed by atoms with Gasteiger partial charge in [-0.05, 0) is 46.0 Å². The lowest BCUT2D eigenvalue weighted by Gasteiger charge is -2.39.